The van der Waals surface area contributed by atoms with Crippen LogP contribution < -0.4 is 4.90 Å². The highest BCUT2D eigenvalue weighted by atomic mass is 16.3. The van der Waals surface area contributed by atoms with E-state index in [-0.39, 0.29) is 0 Å². The normalized spacial score (nSPS) is 11.8. The molecule has 0 bridgehead atoms. The summed E-state index contributed by atoms with van der Waals surface area (Å²) in [5.74, 6) is 0. The van der Waals surface area contributed by atoms with E-state index in [1.165, 1.54) is 32.4 Å². The van der Waals surface area contributed by atoms with Gasteiger partial charge in [-0.15, -0.1) is 0 Å². The summed E-state index contributed by atoms with van der Waals surface area (Å²) in [6, 6.07) is 60.8. The molecule has 0 amide bonds. The van der Waals surface area contributed by atoms with E-state index in [1.807, 2.05) is 0 Å². The van der Waals surface area contributed by atoms with Crippen LogP contribution in [0.3, 0.4) is 0 Å². The number of hydrogen-bond acceptors (Lipinski definition) is 2. The summed E-state index contributed by atoms with van der Waals surface area (Å²) in [7, 11) is 0. The number of fused-ring (bicyclic) bond motifs is 9. The van der Waals surface area contributed by atoms with Crippen molar-refractivity contribution in [3.63, 3.8) is 0 Å². The van der Waals surface area contributed by atoms with Gasteiger partial charge in [-0.25, -0.2) is 0 Å². The summed E-state index contributed by atoms with van der Waals surface area (Å²) >= 11 is 0. The lowest BCUT2D eigenvalue weighted by molar-refractivity contribution is 0.672. The summed E-state index contributed by atoms with van der Waals surface area (Å²) in [4.78, 5) is 2.42. The van der Waals surface area contributed by atoms with Crippen LogP contribution >= 0.6 is 0 Å². The molecule has 10 rings (SSSR count). The van der Waals surface area contributed by atoms with Gasteiger partial charge in [0.25, 0.3) is 0 Å². The van der Waals surface area contributed by atoms with Crippen LogP contribution in [0.1, 0.15) is 0 Å². The summed E-state index contributed by atoms with van der Waals surface area (Å²) in [5.41, 5.74) is 8.57. The number of benzene rings is 8. The highest BCUT2D eigenvalue weighted by Crippen LogP contribution is 2.47. The highest BCUT2D eigenvalue weighted by Gasteiger charge is 2.23. The molecule has 3 nitrogen and oxygen atoms in total. The van der Waals surface area contributed by atoms with E-state index in [0.29, 0.717) is 0 Å². The van der Waals surface area contributed by atoms with Gasteiger partial charge in [0.15, 0.2) is 0 Å². The zero-order valence-corrected chi connectivity index (χ0v) is 25.5. The fraction of sp³-hybridized carbons (Fsp3) is 0. The minimum atomic E-state index is 0.874. The molecular formula is C44H28N2O. The Hall–Kier alpha value is -6.32. The standard InChI is InChI=1S/C44H28N2O/c1-2-15-31(16-3-1)45-39-20-9-8-19-35(39)36-27-25-32(28-41(36)45)46(38-21-10-14-29-12-4-6-17-33(29)38)40-22-11-23-42-43(40)37-26-24-30-13-5-7-18-34(30)44(37)47-42/h1-28H. The molecule has 0 unspecified atom stereocenters. The van der Waals surface area contributed by atoms with Crippen LogP contribution in [0.2, 0.25) is 0 Å². The second kappa shape index (κ2) is 10.1. The van der Waals surface area contributed by atoms with Gasteiger partial charge in [-0.3, -0.25) is 0 Å². The van der Waals surface area contributed by atoms with E-state index in [2.05, 4.69) is 179 Å². The van der Waals surface area contributed by atoms with E-state index >= 15 is 0 Å². The first-order chi connectivity index (χ1) is 23.3. The average molecular weight is 601 g/mol. The zero-order chi connectivity index (χ0) is 30.9. The van der Waals surface area contributed by atoms with Crippen LogP contribution in [0.5, 0.6) is 0 Å². The number of hydrogen-bond donors (Lipinski definition) is 0. The second-order valence-electron chi connectivity index (χ2n) is 12.1. The Morgan fingerprint density at radius 3 is 1.94 bits per heavy atom. The third-order valence-electron chi connectivity index (χ3n) is 9.54. The highest BCUT2D eigenvalue weighted by molar-refractivity contribution is 6.20. The first-order valence-corrected chi connectivity index (χ1v) is 16.0. The molecule has 0 saturated carbocycles. The fourth-order valence-electron chi connectivity index (χ4n) is 7.49. The molecule has 0 saturated heterocycles. The van der Waals surface area contributed by atoms with Gasteiger partial charge in [0, 0.05) is 38.3 Å². The van der Waals surface area contributed by atoms with Gasteiger partial charge >= 0.3 is 0 Å². The van der Waals surface area contributed by atoms with Crippen LogP contribution in [0.4, 0.5) is 17.1 Å². The molecular weight excluding hydrogens is 572 g/mol. The third-order valence-corrected chi connectivity index (χ3v) is 9.54. The predicted octanol–water partition coefficient (Wildman–Crippen LogP) is 12.5. The van der Waals surface area contributed by atoms with Crippen LogP contribution in [0.25, 0.3) is 71.0 Å². The van der Waals surface area contributed by atoms with Crippen molar-refractivity contribution >= 4 is 82.4 Å². The average Bonchev–Trinajstić information content (AvgIpc) is 3.69. The zero-order valence-electron chi connectivity index (χ0n) is 25.5. The SMILES string of the molecule is c1ccc(-n2c3ccccc3c3ccc(N(c4cccc5ccccc45)c4cccc5oc6c7ccccc7ccc6c45)cc32)cc1. The topological polar surface area (TPSA) is 21.3 Å². The van der Waals surface area contributed by atoms with Crippen molar-refractivity contribution in [1.82, 2.24) is 4.57 Å². The van der Waals surface area contributed by atoms with Crippen LogP contribution in [0.15, 0.2) is 174 Å². The molecule has 220 valence electrons. The lowest BCUT2D eigenvalue weighted by atomic mass is 10.0. The Morgan fingerprint density at radius 1 is 0.426 bits per heavy atom. The minimum absolute atomic E-state index is 0.874. The Morgan fingerprint density at radius 2 is 1.06 bits per heavy atom. The largest absolute Gasteiger partial charge is 0.455 e. The molecule has 0 aliphatic carbocycles. The van der Waals surface area contributed by atoms with Crippen LogP contribution in [-0.4, -0.2) is 4.57 Å². The summed E-state index contributed by atoms with van der Waals surface area (Å²) in [6.07, 6.45) is 0. The van der Waals surface area contributed by atoms with E-state index in [4.69, 9.17) is 4.42 Å². The molecule has 0 fully saturated rings. The van der Waals surface area contributed by atoms with Crippen molar-refractivity contribution in [2.24, 2.45) is 0 Å². The molecule has 0 aliphatic heterocycles. The minimum Gasteiger partial charge on any atom is -0.455 e. The molecule has 10 aromatic rings. The predicted molar refractivity (Wildman–Crippen MR) is 198 cm³/mol. The molecule has 0 N–H and O–H groups in total. The van der Waals surface area contributed by atoms with Gasteiger partial charge < -0.3 is 13.9 Å². The molecule has 8 aromatic carbocycles. The number of furan rings is 1. The number of rotatable bonds is 4. The van der Waals surface area contributed by atoms with E-state index < -0.39 is 0 Å². The third kappa shape index (κ3) is 3.87. The molecule has 47 heavy (non-hydrogen) atoms. The molecule has 0 aliphatic rings. The van der Waals surface area contributed by atoms with Gasteiger partial charge in [0.05, 0.1) is 27.8 Å². The second-order valence-corrected chi connectivity index (χ2v) is 12.1. The van der Waals surface area contributed by atoms with Crippen LogP contribution in [0, 0.1) is 0 Å². The quantitative estimate of drug-likeness (QED) is 0.200. The van der Waals surface area contributed by atoms with Crippen molar-refractivity contribution in [3.8, 4) is 5.69 Å². The number of para-hydroxylation sites is 2. The van der Waals surface area contributed by atoms with Crippen LogP contribution in [-0.2, 0) is 0 Å². The van der Waals surface area contributed by atoms with Crippen molar-refractivity contribution in [2.75, 3.05) is 4.90 Å². The maximum absolute atomic E-state index is 6.67. The Bertz CT molecular complexity index is 2800. The summed E-state index contributed by atoms with van der Waals surface area (Å²) < 4.78 is 9.06. The first kappa shape index (κ1) is 26.0. The smallest absolute Gasteiger partial charge is 0.143 e. The van der Waals surface area contributed by atoms with Crippen molar-refractivity contribution in [1.29, 1.82) is 0 Å². The number of nitrogens with zero attached hydrogens (tertiary/aromatic N) is 2. The molecule has 2 aromatic heterocycles. The Kier molecular flexibility index (Phi) is 5.57. The molecule has 0 radical (unpaired) electrons. The first-order valence-electron chi connectivity index (χ1n) is 16.0. The van der Waals surface area contributed by atoms with Crippen molar-refractivity contribution in [2.45, 2.75) is 0 Å². The van der Waals surface area contributed by atoms with Gasteiger partial charge in [-0.05, 0) is 65.4 Å². The van der Waals surface area contributed by atoms with E-state index in [9.17, 15) is 0 Å². The maximum Gasteiger partial charge on any atom is 0.143 e. The van der Waals surface area contributed by atoms with Gasteiger partial charge in [0.2, 0.25) is 0 Å². The van der Waals surface area contributed by atoms with Gasteiger partial charge in [-0.1, -0.05) is 115 Å². The van der Waals surface area contributed by atoms with E-state index in [1.54, 1.807) is 0 Å². The molecule has 3 heteroatoms. The lowest BCUT2D eigenvalue weighted by Gasteiger charge is -2.28. The number of aromatic nitrogens is 1. The van der Waals surface area contributed by atoms with Gasteiger partial charge in [-0.2, -0.15) is 0 Å². The van der Waals surface area contributed by atoms with Crippen molar-refractivity contribution < 1.29 is 4.42 Å². The monoisotopic (exact) mass is 600 g/mol. The maximum atomic E-state index is 6.67. The molecule has 0 atom stereocenters. The Balaban J connectivity index is 1.32. The van der Waals surface area contributed by atoms with Crippen molar-refractivity contribution in [3.05, 3.63) is 170 Å². The molecule has 0 spiro atoms. The summed E-state index contributed by atoms with van der Waals surface area (Å²) in [6.45, 7) is 0. The van der Waals surface area contributed by atoms with Gasteiger partial charge in [0.1, 0.15) is 11.2 Å². The fourth-order valence-corrected chi connectivity index (χ4v) is 7.49. The summed E-state index contributed by atoms with van der Waals surface area (Å²) in [5, 5.41) is 9.36. The Labute approximate surface area is 271 Å². The molecule has 2 heterocycles. The van der Waals surface area contributed by atoms with E-state index in [0.717, 1.165) is 55.6 Å². The number of anilines is 3. The lowest BCUT2D eigenvalue weighted by Crippen LogP contribution is -2.11.